The smallest absolute Gasteiger partial charge is 0.163 e. The van der Waals surface area contributed by atoms with Crippen LogP contribution in [0, 0.1) is 0 Å². The van der Waals surface area contributed by atoms with Gasteiger partial charge in [-0.3, -0.25) is 0 Å². The lowest BCUT2D eigenvalue weighted by Gasteiger charge is -2.08. The summed E-state index contributed by atoms with van der Waals surface area (Å²) in [5.74, 6) is 0. The van der Waals surface area contributed by atoms with E-state index >= 15 is 0 Å². The average molecular weight is 164 g/mol. The molecule has 0 aromatic carbocycles. The predicted octanol–water partition coefficient (Wildman–Crippen LogP) is 0.571. The van der Waals surface area contributed by atoms with Gasteiger partial charge in [0.25, 0.3) is 0 Å². The quantitative estimate of drug-likeness (QED) is 0.598. The van der Waals surface area contributed by atoms with Crippen LogP contribution >= 0.6 is 24.0 Å². The summed E-state index contributed by atoms with van der Waals surface area (Å²) in [6.07, 6.45) is 2.06. The minimum Gasteiger partial charge on any atom is -0.376 e. The summed E-state index contributed by atoms with van der Waals surface area (Å²) in [4.78, 5) is 0. The van der Waals surface area contributed by atoms with E-state index in [1.54, 1.807) is 11.8 Å². The number of thiocarbonyl (C=S) groups is 1. The number of hydrogen-bond donors (Lipinski definition) is 2. The average Bonchev–Trinajstić information content (AvgIpc) is 1.83. The molecule has 0 saturated carbocycles. The summed E-state index contributed by atoms with van der Waals surface area (Å²) in [7, 11) is 0. The molecule has 0 bridgehead atoms. The minimum atomic E-state index is 0.385. The summed E-state index contributed by atoms with van der Waals surface area (Å²) >= 11 is 6.41. The van der Waals surface area contributed by atoms with Crippen molar-refractivity contribution in [2.75, 3.05) is 12.8 Å². The molecule has 0 fully saturated rings. The van der Waals surface area contributed by atoms with Crippen LogP contribution in [0.4, 0.5) is 0 Å². The van der Waals surface area contributed by atoms with Gasteiger partial charge in [0.2, 0.25) is 0 Å². The van der Waals surface area contributed by atoms with Crippen molar-refractivity contribution >= 4 is 29.1 Å². The van der Waals surface area contributed by atoms with E-state index in [1.165, 1.54) is 0 Å². The molecule has 0 aliphatic heterocycles. The van der Waals surface area contributed by atoms with Crippen LogP contribution in [0.15, 0.2) is 0 Å². The fourth-order valence-corrected chi connectivity index (χ4v) is 0.661. The Morgan fingerprint density at radius 1 is 1.89 bits per heavy atom. The first kappa shape index (κ1) is 9.04. The Morgan fingerprint density at radius 3 is 2.78 bits per heavy atom. The molecule has 0 heterocycles. The van der Waals surface area contributed by atoms with E-state index in [0.29, 0.717) is 10.4 Å². The second-order valence-corrected chi connectivity index (χ2v) is 3.51. The van der Waals surface area contributed by atoms with Crippen molar-refractivity contribution in [1.82, 2.24) is 5.32 Å². The third kappa shape index (κ3) is 5.92. The van der Waals surface area contributed by atoms with Gasteiger partial charge >= 0.3 is 0 Å². The van der Waals surface area contributed by atoms with Gasteiger partial charge in [0.05, 0.1) is 0 Å². The highest BCUT2D eigenvalue weighted by Crippen LogP contribution is 2.01. The topological polar surface area (TPSA) is 38.0 Å². The molecule has 0 radical (unpaired) electrons. The molecule has 0 saturated heterocycles. The molecule has 0 spiro atoms. The normalized spacial score (nSPS) is 12.7. The maximum Gasteiger partial charge on any atom is 0.163 e. The Labute approximate surface area is 65.6 Å². The van der Waals surface area contributed by atoms with Crippen LogP contribution in [0.1, 0.15) is 6.92 Å². The van der Waals surface area contributed by atoms with Gasteiger partial charge in [-0.25, -0.2) is 0 Å². The first-order valence-corrected chi connectivity index (χ1v) is 4.42. The van der Waals surface area contributed by atoms with Gasteiger partial charge in [-0.1, -0.05) is 6.92 Å². The van der Waals surface area contributed by atoms with Crippen molar-refractivity contribution in [3.63, 3.8) is 0 Å². The second kappa shape index (κ2) is 4.88. The Balaban J connectivity index is 3.16. The predicted molar refractivity (Wildman–Crippen MR) is 47.8 cm³/mol. The van der Waals surface area contributed by atoms with Gasteiger partial charge in [0.15, 0.2) is 5.11 Å². The van der Waals surface area contributed by atoms with Gasteiger partial charge in [-0.05, 0) is 18.5 Å². The molecule has 1 atom stereocenters. The van der Waals surface area contributed by atoms with E-state index in [9.17, 15) is 0 Å². The minimum absolute atomic E-state index is 0.385. The molecule has 0 aromatic rings. The number of nitrogens with one attached hydrogen (secondary N) is 1. The molecule has 2 nitrogen and oxygen atoms in total. The zero-order valence-electron chi connectivity index (χ0n) is 5.68. The molecule has 0 aromatic heterocycles. The summed E-state index contributed by atoms with van der Waals surface area (Å²) in [6, 6.07) is 0. The van der Waals surface area contributed by atoms with Crippen LogP contribution < -0.4 is 11.1 Å². The number of rotatable bonds is 3. The first-order chi connectivity index (χ1) is 4.16. The Hall–Kier alpha value is 0.0400. The van der Waals surface area contributed by atoms with Gasteiger partial charge in [0.1, 0.15) is 0 Å². The van der Waals surface area contributed by atoms with Gasteiger partial charge in [-0.2, -0.15) is 11.8 Å². The van der Waals surface area contributed by atoms with E-state index in [2.05, 4.69) is 30.7 Å². The highest BCUT2D eigenvalue weighted by atomic mass is 32.2. The molecule has 4 heteroatoms. The highest BCUT2D eigenvalue weighted by Gasteiger charge is 1.96. The lowest BCUT2D eigenvalue weighted by Crippen LogP contribution is -2.33. The molecule has 0 amide bonds. The molecular formula is C5H12N2S2. The maximum absolute atomic E-state index is 5.21. The summed E-state index contributed by atoms with van der Waals surface area (Å²) in [6.45, 7) is 2.98. The van der Waals surface area contributed by atoms with Crippen LogP contribution in [-0.2, 0) is 0 Å². The molecule has 3 N–H and O–H groups in total. The molecule has 1 unspecified atom stereocenters. The van der Waals surface area contributed by atoms with Crippen molar-refractivity contribution in [3.8, 4) is 0 Å². The van der Waals surface area contributed by atoms with Gasteiger partial charge in [-0.15, -0.1) is 0 Å². The Kier molecular flexibility index (Phi) is 4.90. The summed E-state index contributed by atoms with van der Waals surface area (Å²) in [5, 5.41) is 3.85. The highest BCUT2D eigenvalue weighted by molar-refractivity contribution is 7.99. The molecule has 0 aliphatic carbocycles. The van der Waals surface area contributed by atoms with E-state index < -0.39 is 0 Å². The standard InChI is InChI=1S/C5H12N2S2/c1-4(9-2)3-7-5(6)8/h4H,3H2,1-2H3,(H3,6,7,8). The fourth-order valence-electron chi connectivity index (χ4n) is 0.328. The SMILES string of the molecule is CSC(C)CNC(N)=S. The van der Waals surface area contributed by atoms with Crippen LogP contribution in [0.25, 0.3) is 0 Å². The Morgan fingerprint density at radius 2 is 2.44 bits per heavy atom. The van der Waals surface area contributed by atoms with E-state index in [0.717, 1.165) is 6.54 Å². The zero-order valence-corrected chi connectivity index (χ0v) is 7.31. The van der Waals surface area contributed by atoms with E-state index in [1.807, 2.05) is 0 Å². The number of hydrogen-bond acceptors (Lipinski definition) is 2. The van der Waals surface area contributed by atoms with Crippen molar-refractivity contribution < 1.29 is 0 Å². The van der Waals surface area contributed by atoms with E-state index in [4.69, 9.17) is 5.73 Å². The van der Waals surface area contributed by atoms with Crippen LogP contribution in [0.2, 0.25) is 0 Å². The van der Waals surface area contributed by atoms with Crippen molar-refractivity contribution in [2.45, 2.75) is 12.2 Å². The third-order valence-corrected chi connectivity index (χ3v) is 2.08. The maximum atomic E-state index is 5.21. The molecule has 54 valence electrons. The zero-order chi connectivity index (χ0) is 7.28. The van der Waals surface area contributed by atoms with Crippen molar-refractivity contribution in [1.29, 1.82) is 0 Å². The molecule has 0 rings (SSSR count). The number of nitrogens with two attached hydrogens (primary N) is 1. The lowest BCUT2D eigenvalue weighted by molar-refractivity contribution is 0.861. The van der Waals surface area contributed by atoms with Crippen LogP contribution in [0.5, 0.6) is 0 Å². The summed E-state index contributed by atoms with van der Waals surface area (Å²) < 4.78 is 0. The molecular weight excluding hydrogens is 152 g/mol. The Bertz CT molecular complexity index is 95.0. The van der Waals surface area contributed by atoms with Crippen LogP contribution in [0.3, 0.4) is 0 Å². The van der Waals surface area contributed by atoms with Crippen molar-refractivity contribution in [2.24, 2.45) is 5.73 Å². The second-order valence-electron chi connectivity index (χ2n) is 1.79. The molecule has 0 aliphatic rings. The van der Waals surface area contributed by atoms with E-state index in [-0.39, 0.29) is 0 Å². The fraction of sp³-hybridized carbons (Fsp3) is 0.800. The monoisotopic (exact) mass is 164 g/mol. The largest absolute Gasteiger partial charge is 0.376 e. The van der Waals surface area contributed by atoms with Crippen LogP contribution in [-0.4, -0.2) is 23.2 Å². The van der Waals surface area contributed by atoms with Gasteiger partial charge < -0.3 is 11.1 Å². The third-order valence-electron chi connectivity index (χ3n) is 0.966. The lowest BCUT2D eigenvalue weighted by atomic mass is 10.5. The van der Waals surface area contributed by atoms with Crippen molar-refractivity contribution in [3.05, 3.63) is 0 Å². The summed E-state index contributed by atoms with van der Waals surface area (Å²) in [5.41, 5.74) is 5.21. The first-order valence-electron chi connectivity index (χ1n) is 2.73. The number of thioether (sulfide) groups is 1. The molecule has 9 heavy (non-hydrogen) atoms. The van der Waals surface area contributed by atoms with Gasteiger partial charge in [0, 0.05) is 11.8 Å².